The fourth-order valence-corrected chi connectivity index (χ4v) is 6.17. The quantitative estimate of drug-likeness (QED) is 0.102. The van der Waals surface area contributed by atoms with Gasteiger partial charge in [0.1, 0.15) is 12.3 Å². The molecule has 252 valence electrons. The zero-order chi connectivity index (χ0) is 33.2. The molecule has 5 nitrogen and oxygen atoms in total. The number of benzene rings is 1. The first-order valence-corrected chi connectivity index (χ1v) is 16.2. The number of aliphatic imine (C=N–C) groups is 1. The van der Waals surface area contributed by atoms with Crippen molar-refractivity contribution in [3.63, 3.8) is 0 Å². The van der Waals surface area contributed by atoms with E-state index in [-0.39, 0.29) is 41.2 Å². The summed E-state index contributed by atoms with van der Waals surface area (Å²) in [6.07, 6.45) is 4.94. The van der Waals surface area contributed by atoms with E-state index in [9.17, 15) is 22.8 Å². The van der Waals surface area contributed by atoms with Gasteiger partial charge in [0.25, 0.3) is 0 Å². The number of likely N-dealkylation sites (tertiary alicyclic amines) is 1. The first-order chi connectivity index (χ1) is 20.5. The van der Waals surface area contributed by atoms with E-state index < -0.39 is 17.4 Å². The van der Waals surface area contributed by atoms with Crippen molar-refractivity contribution in [1.82, 2.24) is 4.90 Å². The number of hydrogen-bond donors (Lipinski definition) is 0. The third-order valence-electron chi connectivity index (χ3n) is 8.26. The van der Waals surface area contributed by atoms with Crippen molar-refractivity contribution < 1.29 is 44.9 Å². The van der Waals surface area contributed by atoms with Crippen LogP contribution in [0.5, 0.6) is 0 Å². The fourth-order valence-electron chi connectivity index (χ4n) is 6.17. The van der Waals surface area contributed by atoms with Crippen LogP contribution < -0.4 is 0 Å². The minimum absolute atomic E-state index is 0. The summed E-state index contributed by atoms with van der Waals surface area (Å²) in [6, 6.07) is 7.99. The van der Waals surface area contributed by atoms with Crippen LogP contribution in [0.4, 0.5) is 13.2 Å². The molecule has 45 heavy (non-hydrogen) atoms. The van der Waals surface area contributed by atoms with Crippen LogP contribution in [0.25, 0.3) is 0 Å². The van der Waals surface area contributed by atoms with Gasteiger partial charge < -0.3 is 9.64 Å². The first-order valence-electron chi connectivity index (χ1n) is 16.2. The van der Waals surface area contributed by atoms with Gasteiger partial charge in [-0.1, -0.05) is 46.8 Å². The molecule has 0 aromatic heterocycles. The third-order valence-corrected chi connectivity index (χ3v) is 8.26. The summed E-state index contributed by atoms with van der Waals surface area (Å²) in [4.78, 5) is 30.9. The van der Waals surface area contributed by atoms with E-state index in [2.05, 4.69) is 48.9 Å². The van der Waals surface area contributed by atoms with Crippen molar-refractivity contribution in [3.8, 4) is 0 Å². The van der Waals surface area contributed by atoms with Crippen LogP contribution in [0.1, 0.15) is 109 Å². The number of aryl methyl sites for hydroxylation is 2. The molecule has 1 saturated carbocycles. The Balaban J connectivity index is 0.000000606. The van der Waals surface area contributed by atoms with Gasteiger partial charge in [-0.25, -0.2) is 0 Å². The molecular formula is C35H53BCrF3N2O3-. The average molecular weight is 670 g/mol. The molecule has 1 aromatic carbocycles. The van der Waals surface area contributed by atoms with E-state index in [1.807, 2.05) is 27.7 Å². The molecule has 0 radical (unpaired) electrons. The average Bonchev–Trinajstić information content (AvgIpc) is 3.66. The van der Waals surface area contributed by atoms with Crippen LogP contribution in [-0.4, -0.2) is 54.6 Å². The number of carbonyl (C=O) groups excluding carboxylic acids is 2. The number of esters is 1. The Morgan fingerprint density at radius 1 is 1.11 bits per heavy atom. The van der Waals surface area contributed by atoms with E-state index in [0.717, 1.165) is 75.4 Å². The van der Waals surface area contributed by atoms with Gasteiger partial charge in [0.2, 0.25) is 5.91 Å². The van der Waals surface area contributed by atoms with E-state index in [1.165, 1.54) is 12.6 Å². The van der Waals surface area contributed by atoms with Gasteiger partial charge in [-0.2, -0.15) is 42.5 Å². The molecule has 10 heteroatoms. The molecule has 2 aliphatic rings. The molecule has 0 spiro atoms. The molecule has 1 heterocycles. The predicted octanol–water partition coefficient (Wildman–Crippen LogP) is 9.16. The Morgan fingerprint density at radius 2 is 1.76 bits per heavy atom. The van der Waals surface area contributed by atoms with Gasteiger partial charge in [-0.05, 0) is 65.3 Å². The van der Waals surface area contributed by atoms with Crippen molar-refractivity contribution in [1.29, 1.82) is 0 Å². The van der Waals surface area contributed by atoms with Crippen molar-refractivity contribution in [2.24, 2.45) is 10.9 Å². The second-order valence-electron chi connectivity index (χ2n) is 13.4. The summed E-state index contributed by atoms with van der Waals surface area (Å²) >= 11 is 0. The number of amides is 1. The topological polar surface area (TPSA) is 59.0 Å². The van der Waals surface area contributed by atoms with Gasteiger partial charge in [0.15, 0.2) is 0 Å². The monoisotopic (exact) mass is 669 g/mol. The number of halogens is 3. The molecule has 2 unspecified atom stereocenters. The number of nitrogens with zero attached hydrogens (tertiary/aromatic N) is 2. The van der Waals surface area contributed by atoms with Gasteiger partial charge in [-0.15, -0.1) is 5.56 Å². The maximum Gasteiger partial charge on any atom is 0.412 e. The van der Waals surface area contributed by atoms with Crippen molar-refractivity contribution >= 4 is 24.3 Å². The van der Waals surface area contributed by atoms with E-state index >= 15 is 0 Å². The van der Waals surface area contributed by atoms with E-state index in [4.69, 9.17) is 4.74 Å². The van der Waals surface area contributed by atoms with Crippen LogP contribution in [0, 0.1) is 25.8 Å². The molecule has 0 N–H and O–H groups in total. The number of rotatable bonds is 11. The Morgan fingerprint density at radius 3 is 2.24 bits per heavy atom. The Bertz CT molecular complexity index is 1160. The molecule has 1 aromatic rings. The van der Waals surface area contributed by atoms with Crippen LogP contribution >= 0.6 is 0 Å². The minimum atomic E-state index is -4.22. The maximum atomic E-state index is 12.8. The van der Waals surface area contributed by atoms with E-state index in [0.29, 0.717) is 31.1 Å². The van der Waals surface area contributed by atoms with Gasteiger partial charge >= 0.3 is 12.1 Å². The number of allylic oxidation sites excluding steroid dienone is 2. The largest absolute Gasteiger partial charge is 0.460 e. The van der Waals surface area contributed by atoms with Crippen LogP contribution in [0.15, 0.2) is 28.8 Å². The second kappa shape index (κ2) is 18.3. The summed E-state index contributed by atoms with van der Waals surface area (Å²) < 4.78 is 41.8. The fraction of sp³-hybridized carbons (Fsp3) is 0.686. The summed E-state index contributed by atoms with van der Waals surface area (Å²) in [5.74, 6) is 0.786. The molecule has 1 aliphatic carbocycles. The van der Waals surface area contributed by atoms with Crippen molar-refractivity contribution in [3.05, 3.63) is 46.5 Å². The molecule has 2 fully saturated rings. The SMILES string of the molecule is CCCB(CCCC(=O)OC(C)(C)C)C1CCN(C(=O)CC)C1c1[c-]c(C)cc(C)c1.CN=C(/C=C(\C)C(F)(F)F)C1CC1.[Cr]. The number of ether oxygens (including phenoxy) is 1. The van der Waals surface area contributed by atoms with Gasteiger partial charge in [-0.3, -0.25) is 14.6 Å². The zero-order valence-corrected chi connectivity index (χ0v) is 30.0. The summed E-state index contributed by atoms with van der Waals surface area (Å²) in [7, 11) is 1.54. The van der Waals surface area contributed by atoms with Crippen LogP contribution in [-0.2, 0) is 31.7 Å². The summed E-state index contributed by atoms with van der Waals surface area (Å²) in [5.41, 5.74) is 3.07. The summed E-state index contributed by atoms with van der Waals surface area (Å²) in [6.45, 7) is 16.5. The minimum Gasteiger partial charge on any atom is -0.460 e. The second-order valence-corrected chi connectivity index (χ2v) is 13.4. The molecule has 1 aliphatic heterocycles. The predicted molar refractivity (Wildman–Crippen MR) is 174 cm³/mol. The smallest absolute Gasteiger partial charge is 0.412 e. The third kappa shape index (κ3) is 13.7. The Kier molecular flexibility index (Phi) is 16.7. The standard InChI is InChI=1S/C26H41BNO3.C9H12F3N.Cr/c1-8-13-27(14-10-11-24(30)31-26(5,6)7)22-12-15-28(23(29)9-2)25(22)21-17-19(3)16-20(4)18-21;1-6(9(10,11)12)5-8(13-2)7-3-4-7;/h16-17,22,25H,8-15H2,1-7H3;5,7H,3-4H2,1-2H3;/q-1;;/b;6-5+,13-8?;. The van der Waals surface area contributed by atoms with Crippen molar-refractivity contribution in [2.75, 3.05) is 13.6 Å². The molecule has 3 rings (SSSR count). The summed E-state index contributed by atoms with van der Waals surface area (Å²) in [5, 5.41) is 0. The van der Waals surface area contributed by atoms with E-state index in [1.54, 1.807) is 0 Å². The number of carbonyl (C=O) groups is 2. The Labute approximate surface area is 281 Å². The number of alkyl halides is 3. The van der Waals surface area contributed by atoms with Gasteiger partial charge in [0, 0.05) is 67.0 Å². The molecule has 1 amide bonds. The van der Waals surface area contributed by atoms with Crippen LogP contribution in [0.2, 0.25) is 18.5 Å². The Hall–Kier alpha value is -2.04. The van der Waals surface area contributed by atoms with Crippen molar-refractivity contribution in [2.45, 2.75) is 137 Å². The zero-order valence-electron chi connectivity index (χ0n) is 28.8. The molecule has 0 bridgehead atoms. The number of hydrogen-bond acceptors (Lipinski definition) is 4. The molecule has 1 saturated heterocycles. The molecular weight excluding hydrogens is 616 g/mol. The normalized spacial score (nSPS) is 19.0. The molecule has 2 atom stereocenters. The van der Waals surface area contributed by atoms with Crippen LogP contribution in [0.3, 0.4) is 0 Å². The van der Waals surface area contributed by atoms with Gasteiger partial charge in [0.05, 0.1) is 0 Å². The maximum absolute atomic E-state index is 12.8. The first kappa shape index (κ1) is 41.0.